The van der Waals surface area contributed by atoms with E-state index in [1.807, 2.05) is 32.0 Å². The SMILES string of the molecule is CCOCC(N)c1ccc(C)cc1Cl. The molecule has 0 fully saturated rings. The first-order valence-electron chi connectivity index (χ1n) is 4.74. The third-order valence-corrected chi connectivity index (χ3v) is 2.38. The Labute approximate surface area is 90.0 Å². The van der Waals surface area contributed by atoms with Gasteiger partial charge in [0.1, 0.15) is 0 Å². The molecule has 0 bridgehead atoms. The summed E-state index contributed by atoms with van der Waals surface area (Å²) >= 11 is 6.07. The molecule has 1 aromatic rings. The van der Waals surface area contributed by atoms with Gasteiger partial charge in [0.15, 0.2) is 0 Å². The average Bonchev–Trinajstić information content (AvgIpc) is 2.14. The van der Waals surface area contributed by atoms with Crippen LogP contribution in [0.5, 0.6) is 0 Å². The molecule has 2 N–H and O–H groups in total. The molecule has 0 spiro atoms. The smallest absolute Gasteiger partial charge is 0.0659 e. The summed E-state index contributed by atoms with van der Waals surface area (Å²) in [6.07, 6.45) is 0. The van der Waals surface area contributed by atoms with Crippen molar-refractivity contribution in [1.82, 2.24) is 0 Å². The van der Waals surface area contributed by atoms with Crippen molar-refractivity contribution in [3.63, 3.8) is 0 Å². The van der Waals surface area contributed by atoms with Gasteiger partial charge in [0, 0.05) is 11.6 Å². The molecule has 0 radical (unpaired) electrons. The van der Waals surface area contributed by atoms with Crippen LogP contribution >= 0.6 is 11.6 Å². The first-order chi connectivity index (χ1) is 6.65. The van der Waals surface area contributed by atoms with Crippen LogP contribution in [0.25, 0.3) is 0 Å². The highest BCUT2D eigenvalue weighted by atomic mass is 35.5. The van der Waals surface area contributed by atoms with Crippen molar-refractivity contribution in [1.29, 1.82) is 0 Å². The summed E-state index contributed by atoms with van der Waals surface area (Å²) in [6, 6.07) is 5.75. The van der Waals surface area contributed by atoms with Gasteiger partial charge < -0.3 is 10.5 Å². The van der Waals surface area contributed by atoms with Gasteiger partial charge in [-0.3, -0.25) is 0 Å². The van der Waals surface area contributed by atoms with Crippen molar-refractivity contribution >= 4 is 11.6 Å². The minimum Gasteiger partial charge on any atom is -0.380 e. The minimum absolute atomic E-state index is 0.136. The van der Waals surface area contributed by atoms with Crippen molar-refractivity contribution < 1.29 is 4.74 Å². The highest BCUT2D eigenvalue weighted by Gasteiger charge is 2.09. The molecule has 0 amide bonds. The van der Waals surface area contributed by atoms with Gasteiger partial charge in [-0.2, -0.15) is 0 Å². The van der Waals surface area contributed by atoms with Crippen molar-refractivity contribution in [3.05, 3.63) is 34.3 Å². The fraction of sp³-hybridized carbons (Fsp3) is 0.455. The largest absolute Gasteiger partial charge is 0.380 e. The van der Waals surface area contributed by atoms with Gasteiger partial charge in [-0.15, -0.1) is 0 Å². The number of hydrogen-bond donors (Lipinski definition) is 1. The average molecular weight is 214 g/mol. The molecule has 1 atom stereocenters. The summed E-state index contributed by atoms with van der Waals surface area (Å²) in [4.78, 5) is 0. The van der Waals surface area contributed by atoms with Gasteiger partial charge >= 0.3 is 0 Å². The molecule has 1 rings (SSSR count). The van der Waals surface area contributed by atoms with E-state index in [-0.39, 0.29) is 6.04 Å². The topological polar surface area (TPSA) is 35.2 Å². The van der Waals surface area contributed by atoms with Gasteiger partial charge in [0.2, 0.25) is 0 Å². The number of benzene rings is 1. The molecule has 0 saturated heterocycles. The van der Waals surface area contributed by atoms with E-state index >= 15 is 0 Å². The molecule has 1 aromatic carbocycles. The lowest BCUT2D eigenvalue weighted by Gasteiger charge is -2.13. The third-order valence-electron chi connectivity index (χ3n) is 2.06. The minimum atomic E-state index is -0.136. The second-order valence-electron chi connectivity index (χ2n) is 3.29. The Bertz CT molecular complexity index is 301. The monoisotopic (exact) mass is 213 g/mol. The normalized spacial score (nSPS) is 12.9. The number of halogens is 1. The van der Waals surface area contributed by atoms with Crippen molar-refractivity contribution in [2.24, 2.45) is 5.73 Å². The number of nitrogens with two attached hydrogens (primary N) is 1. The Morgan fingerprint density at radius 2 is 2.21 bits per heavy atom. The van der Waals surface area contributed by atoms with Gasteiger partial charge in [-0.25, -0.2) is 0 Å². The zero-order valence-corrected chi connectivity index (χ0v) is 9.34. The second kappa shape index (κ2) is 5.35. The van der Waals surface area contributed by atoms with Crippen molar-refractivity contribution in [2.45, 2.75) is 19.9 Å². The summed E-state index contributed by atoms with van der Waals surface area (Å²) in [6.45, 7) is 5.14. The number of aryl methyl sites for hydroxylation is 1. The molecular weight excluding hydrogens is 198 g/mol. The molecule has 3 heteroatoms. The Kier molecular flexibility index (Phi) is 4.39. The van der Waals surface area contributed by atoms with E-state index in [1.54, 1.807) is 0 Å². The highest BCUT2D eigenvalue weighted by molar-refractivity contribution is 6.31. The van der Waals surface area contributed by atoms with Gasteiger partial charge in [0.05, 0.1) is 12.6 Å². The molecule has 2 nitrogen and oxygen atoms in total. The summed E-state index contributed by atoms with van der Waals surface area (Å²) in [5.41, 5.74) is 8.01. The van der Waals surface area contributed by atoms with Crippen LogP contribution in [0.1, 0.15) is 24.1 Å². The molecular formula is C11H16ClNO. The maximum atomic E-state index is 6.07. The predicted molar refractivity (Wildman–Crippen MR) is 59.6 cm³/mol. The molecule has 0 aliphatic rings. The standard InChI is InChI=1S/C11H16ClNO/c1-3-14-7-11(13)9-5-4-8(2)6-10(9)12/h4-6,11H,3,7,13H2,1-2H3. The molecule has 78 valence electrons. The van der Waals surface area contributed by atoms with E-state index in [0.717, 1.165) is 16.1 Å². The van der Waals surface area contributed by atoms with Crippen LogP contribution in [0.4, 0.5) is 0 Å². The third kappa shape index (κ3) is 2.98. The Morgan fingerprint density at radius 3 is 2.79 bits per heavy atom. The zero-order valence-electron chi connectivity index (χ0n) is 8.59. The van der Waals surface area contributed by atoms with E-state index in [2.05, 4.69) is 0 Å². The van der Waals surface area contributed by atoms with E-state index < -0.39 is 0 Å². The van der Waals surface area contributed by atoms with E-state index in [0.29, 0.717) is 13.2 Å². The second-order valence-corrected chi connectivity index (χ2v) is 3.70. The number of ether oxygens (including phenoxy) is 1. The maximum absolute atomic E-state index is 6.07. The van der Waals surface area contributed by atoms with Gasteiger partial charge in [-0.1, -0.05) is 23.7 Å². The first kappa shape index (κ1) is 11.5. The van der Waals surface area contributed by atoms with Gasteiger partial charge in [-0.05, 0) is 31.0 Å². The summed E-state index contributed by atoms with van der Waals surface area (Å²) in [7, 11) is 0. The number of rotatable bonds is 4. The maximum Gasteiger partial charge on any atom is 0.0659 e. The van der Waals surface area contributed by atoms with E-state index in [9.17, 15) is 0 Å². The fourth-order valence-corrected chi connectivity index (χ4v) is 1.64. The Morgan fingerprint density at radius 1 is 1.50 bits per heavy atom. The molecule has 0 saturated carbocycles. The van der Waals surface area contributed by atoms with Crippen molar-refractivity contribution in [3.8, 4) is 0 Å². The van der Waals surface area contributed by atoms with Crippen LogP contribution in [0.2, 0.25) is 5.02 Å². The lowest BCUT2D eigenvalue weighted by molar-refractivity contribution is 0.133. The number of hydrogen-bond acceptors (Lipinski definition) is 2. The first-order valence-corrected chi connectivity index (χ1v) is 5.12. The molecule has 0 aliphatic carbocycles. The summed E-state index contributed by atoms with van der Waals surface area (Å²) in [5, 5.41) is 0.720. The van der Waals surface area contributed by atoms with Gasteiger partial charge in [0.25, 0.3) is 0 Å². The van der Waals surface area contributed by atoms with Crippen LogP contribution in [0.3, 0.4) is 0 Å². The molecule has 14 heavy (non-hydrogen) atoms. The fourth-order valence-electron chi connectivity index (χ4n) is 1.27. The predicted octanol–water partition coefficient (Wildman–Crippen LogP) is 2.68. The van der Waals surface area contributed by atoms with Crippen LogP contribution in [-0.2, 0) is 4.74 Å². The van der Waals surface area contributed by atoms with Crippen LogP contribution < -0.4 is 5.73 Å². The quantitative estimate of drug-likeness (QED) is 0.835. The van der Waals surface area contributed by atoms with E-state index in [4.69, 9.17) is 22.1 Å². The highest BCUT2D eigenvalue weighted by Crippen LogP contribution is 2.22. The van der Waals surface area contributed by atoms with Crippen LogP contribution in [-0.4, -0.2) is 13.2 Å². The van der Waals surface area contributed by atoms with Crippen molar-refractivity contribution in [2.75, 3.05) is 13.2 Å². The molecule has 0 aliphatic heterocycles. The Hall–Kier alpha value is -0.570. The molecule has 0 aromatic heterocycles. The van der Waals surface area contributed by atoms with Crippen LogP contribution in [0.15, 0.2) is 18.2 Å². The molecule has 0 heterocycles. The summed E-state index contributed by atoms with van der Waals surface area (Å²) in [5.74, 6) is 0. The molecule has 1 unspecified atom stereocenters. The lowest BCUT2D eigenvalue weighted by atomic mass is 10.1. The lowest BCUT2D eigenvalue weighted by Crippen LogP contribution is -2.17. The van der Waals surface area contributed by atoms with Crippen LogP contribution in [0, 0.1) is 6.92 Å². The Balaban J connectivity index is 2.74. The summed E-state index contributed by atoms with van der Waals surface area (Å²) < 4.78 is 5.25. The van der Waals surface area contributed by atoms with E-state index in [1.165, 1.54) is 0 Å². The zero-order chi connectivity index (χ0) is 10.6.